The Bertz CT molecular complexity index is 1260. The third-order valence-electron chi connectivity index (χ3n) is 5.37. The summed E-state index contributed by atoms with van der Waals surface area (Å²) in [7, 11) is 0. The van der Waals surface area contributed by atoms with Crippen LogP contribution in [0.4, 0.5) is 0 Å². The molecule has 1 atom stereocenters. The van der Waals surface area contributed by atoms with Gasteiger partial charge in [0.2, 0.25) is 5.88 Å². The zero-order valence-corrected chi connectivity index (χ0v) is 18.9. The summed E-state index contributed by atoms with van der Waals surface area (Å²) in [6.45, 7) is 5.91. The Balaban J connectivity index is 1.59. The van der Waals surface area contributed by atoms with E-state index >= 15 is 0 Å². The number of aromatic nitrogens is 3. The zero-order valence-electron chi connectivity index (χ0n) is 18.9. The van der Waals surface area contributed by atoms with Crippen molar-refractivity contribution < 1.29 is 9.53 Å². The average molecular weight is 439 g/mol. The smallest absolute Gasteiger partial charge is 0.251 e. The van der Waals surface area contributed by atoms with Gasteiger partial charge < -0.3 is 10.1 Å². The number of rotatable bonds is 7. The lowest BCUT2D eigenvalue weighted by Crippen LogP contribution is -2.26. The number of pyridine rings is 1. The number of ether oxygens (including phenoxy) is 1. The fourth-order valence-electron chi connectivity index (χ4n) is 3.45. The summed E-state index contributed by atoms with van der Waals surface area (Å²) in [5.74, 6) is 1.59. The first-order valence-electron chi connectivity index (χ1n) is 11.0. The lowest BCUT2D eigenvalue weighted by molar-refractivity contribution is 0.0939. The Hall–Kier alpha value is -4.06. The molecule has 0 fully saturated rings. The van der Waals surface area contributed by atoms with Crippen LogP contribution in [-0.4, -0.2) is 20.9 Å². The first kappa shape index (κ1) is 22.1. The van der Waals surface area contributed by atoms with Crippen molar-refractivity contribution in [2.45, 2.75) is 33.2 Å². The number of hydrogen-bond acceptors (Lipinski definition) is 5. The third-order valence-corrected chi connectivity index (χ3v) is 5.37. The van der Waals surface area contributed by atoms with Crippen LogP contribution in [0.3, 0.4) is 0 Å². The molecule has 1 N–H and O–H groups in total. The van der Waals surface area contributed by atoms with Crippen LogP contribution in [-0.2, 0) is 6.42 Å². The second kappa shape index (κ2) is 10.0. The molecule has 0 spiro atoms. The van der Waals surface area contributed by atoms with Crippen molar-refractivity contribution in [1.29, 1.82) is 0 Å². The standard InChI is InChI=1S/C27H26N4O2/c1-4-25-28-16-14-23(31-25)22-11-8-15-29-27(22)33-24-17-21(13-12-18(24)2)26(32)30-19(3)20-9-6-5-7-10-20/h5-17,19H,4H2,1-3H3,(H,30,32)/t19-/m0/s1. The molecule has 0 saturated heterocycles. The number of aryl methyl sites for hydroxylation is 2. The summed E-state index contributed by atoms with van der Waals surface area (Å²) in [4.78, 5) is 26.2. The second-order valence-electron chi connectivity index (χ2n) is 7.76. The highest BCUT2D eigenvalue weighted by atomic mass is 16.5. The van der Waals surface area contributed by atoms with E-state index in [0.717, 1.165) is 34.6 Å². The maximum absolute atomic E-state index is 12.9. The van der Waals surface area contributed by atoms with Gasteiger partial charge in [0.05, 0.1) is 17.3 Å². The quantitative estimate of drug-likeness (QED) is 0.401. The van der Waals surface area contributed by atoms with E-state index < -0.39 is 0 Å². The van der Waals surface area contributed by atoms with Gasteiger partial charge in [0, 0.05) is 24.4 Å². The van der Waals surface area contributed by atoms with E-state index in [1.807, 2.05) is 75.4 Å². The van der Waals surface area contributed by atoms with Gasteiger partial charge in [-0.2, -0.15) is 0 Å². The summed E-state index contributed by atoms with van der Waals surface area (Å²) in [6, 6.07) is 20.8. The molecule has 0 aliphatic heterocycles. The molecule has 0 unspecified atom stereocenters. The molecule has 0 saturated carbocycles. The minimum Gasteiger partial charge on any atom is -0.438 e. The summed E-state index contributed by atoms with van der Waals surface area (Å²) in [5, 5.41) is 3.05. The van der Waals surface area contributed by atoms with Gasteiger partial charge in [-0.1, -0.05) is 43.3 Å². The Morgan fingerprint density at radius 2 is 1.82 bits per heavy atom. The third kappa shape index (κ3) is 5.23. The van der Waals surface area contributed by atoms with Crippen molar-refractivity contribution in [3.63, 3.8) is 0 Å². The van der Waals surface area contributed by atoms with Crippen molar-refractivity contribution in [3.05, 3.63) is 102 Å². The van der Waals surface area contributed by atoms with Crippen LogP contribution in [0, 0.1) is 6.92 Å². The predicted octanol–water partition coefficient (Wildman–Crippen LogP) is 5.69. The number of benzene rings is 2. The van der Waals surface area contributed by atoms with Crippen molar-refractivity contribution in [2.24, 2.45) is 0 Å². The summed E-state index contributed by atoms with van der Waals surface area (Å²) < 4.78 is 6.20. The molecule has 6 heteroatoms. The first-order chi connectivity index (χ1) is 16.0. The van der Waals surface area contributed by atoms with Gasteiger partial charge in [0.15, 0.2) is 0 Å². The number of amides is 1. The predicted molar refractivity (Wildman–Crippen MR) is 128 cm³/mol. The van der Waals surface area contributed by atoms with Gasteiger partial charge in [0.25, 0.3) is 5.91 Å². The molecule has 4 rings (SSSR count). The van der Waals surface area contributed by atoms with Crippen LogP contribution >= 0.6 is 0 Å². The molecule has 2 heterocycles. The molecule has 0 aliphatic carbocycles. The number of carbonyl (C=O) groups excluding carboxylic acids is 1. The van der Waals surface area contributed by atoms with E-state index in [-0.39, 0.29) is 11.9 Å². The number of nitrogens with zero attached hydrogens (tertiary/aromatic N) is 3. The van der Waals surface area contributed by atoms with Gasteiger partial charge >= 0.3 is 0 Å². The molecular weight excluding hydrogens is 412 g/mol. The van der Waals surface area contributed by atoms with Crippen LogP contribution < -0.4 is 10.1 Å². The summed E-state index contributed by atoms with van der Waals surface area (Å²) in [6.07, 6.45) is 4.15. The van der Waals surface area contributed by atoms with Crippen LogP contribution in [0.25, 0.3) is 11.3 Å². The maximum Gasteiger partial charge on any atom is 0.251 e. The van der Waals surface area contributed by atoms with Gasteiger partial charge in [-0.05, 0) is 55.3 Å². The number of carbonyl (C=O) groups is 1. The largest absolute Gasteiger partial charge is 0.438 e. The van der Waals surface area contributed by atoms with Gasteiger partial charge in [-0.15, -0.1) is 0 Å². The molecular formula is C27H26N4O2. The number of hydrogen-bond donors (Lipinski definition) is 1. The first-order valence-corrected chi connectivity index (χ1v) is 11.0. The molecule has 0 aliphatic rings. The minimum absolute atomic E-state index is 0.114. The Labute approximate surface area is 193 Å². The monoisotopic (exact) mass is 438 g/mol. The maximum atomic E-state index is 12.9. The highest BCUT2D eigenvalue weighted by molar-refractivity contribution is 5.95. The van der Waals surface area contributed by atoms with Gasteiger partial charge in [-0.25, -0.2) is 15.0 Å². The van der Waals surface area contributed by atoms with Crippen molar-refractivity contribution in [2.75, 3.05) is 0 Å². The van der Waals surface area contributed by atoms with Crippen LogP contribution in [0.2, 0.25) is 0 Å². The molecule has 6 nitrogen and oxygen atoms in total. The molecule has 0 bridgehead atoms. The van der Waals surface area contributed by atoms with Crippen molar-refractivity contribution in [3.8, 4) is 22.9 Å². The molecule has 33 heavy (non-hydrogen) atoms. The van der Waals surface area contributed by atoms with E-state index in [9.17, 15) is 4.79 Å². The topological polar surface area (TPSA) is 77.0 Å². The van der Waals surface area contributed by atoms with E-state index in [0.29, 0.717) is 17.2 Å². The van der Waals surface area contributed by atoms with Gasteiger partial charge in [-0.3, -0.25) is 4.79 Å². The van der Waals surface area contributed by atoms with Gasteiger partial charge in [0.1, 0.15) is 11.6 Å². The highest BCUT2D eigenvalue weighted by Gasteiger charge is 2.16. The SMILES string of the molecule is CCc1nccc(-c2cccnc2Oc2cc(C(=O)N[C@@H](C)c3ccccc3)ccc2C)n1. The molecule has 1 amide bonds. The molecule has 2 aromatic carbocycles. The van der Waals surface area contributed by atoms with Crippen molar-refractivity contribution >= 4 is 5.91 Å². The Morgan fingerprint density at radius 1 is 1.00 bits per heavy atom. The summed E-state index contributed by atoms with van der Waals surface area (Å²) in [5.41, 5.74) is 3.97. The Kier molecular flexibility index (Phi) is 6.74. The van der Waals surface area contributed by atoms with Crippen LogP contribution in [0.5, 0.6) is 11.6 Å². The fourth-order valence-corrected chi connectivity index (χ4v) is 3.45. The zero-order chi connectivity index (χ0) is 23.2. The Morgan fingerprint density at radius 3 is 2.61 bits per heavy atom. The average Bonchev–Trinajstić information content (AvgIpc) is 2.86. The van der Waals surface area contributed by atoms with Crippen LogP contribution in [0.1, 0.15) is 47.2 Å². The molecule has 166 valence electrons. The fraction of sp³-hybridized carbons (Fsp3) is 0.185. The number of nitrogens with one attached hydrogen (secondary N) is 1. The van der Waals surface area contributed by atoms with Crippen molar-refractivity contribution in [1.82, 2.24) is 20.3 Å². The summed E-state index contributed by atoms with van der Waals surface area (Å²) >= 11 is 0. The van der Waals surface area contributed by atoms with E-state index in [2.05, 4.69) is 20.3 Å². The molecule has 2 aromatic heterocycles. The molecule has 4 aromatic rings. The minimum atomic E-state index is -0.166. The lowest BCUT2D eigenvalue weighted by atomic mass is 10.1. The van der Waals surface area contributed by atoms with E-state index in [4.69, 9.17) is 4.74 Å². The van der Waals surface area contributed by atoms with E-state index in [1.165, 1.54) is 0 Å². The molecule has 0 radical (unpaired) electrons. The normalized spacial score (nSPS) is 11.6. The van der Waals surface area contributed by atoms with Crippen LogP contribution in [0.15, 0.2) is 79.1 Å². The van der Waals surface area contributed by atoms with E-state index in [1.54, 1.807) is 24.5 Å². The second-order valence-corrected chi connectivity index (χ2v) is 7.76. The lowest BCUT2D eigenvalue weighted by Gasteiger charge is -2.16. The highest BCUT2D eigenvalue weighted by Crippen LogP contribution is 2.32.